The van der Waals surface area contributed by atoms with Crippen molar-refractivity contribution >= 4 is 27.4 Å². The number of hydrogen-bond acceptors (Lipinski definition) is 9. The number of anilines is 2. The van der Waals surface area contributed by atoms with Crippen molar-refractivity contribution in [3.63, 3.8) is 0 Å². The lowest BCUT2D eigenvalue weighted by Gasteiger charge is -2.31. The van der Waals surface area contributed by atoms with E-state index in [0.717, 1.165) is 5.69 Å². The number of rotatable bonds is 8. The van der Waals surface area contributed by atoms with Gasteiger partial charge in [0.1, 0.15) is 11.3 Å². The average Bonchev–Trinajstić information content (AvgIpc) is 3.33. The van der Waals surface area contributed by atoms with Gasteiger partial charge in [-0.1, -0.05) is 0 Å². The Bertz CT molecular complexity index is 1060. The summed E-state index contributed by atoms with van der Waals surface area (Å²) in [5, 5.41) is 3.27. The molecular weight excluding hydrogens is 450 g/mol. The summed E-state index contributed by atoms with van der Waals surface area (Å²) in [6.07, 6.45) is 1.44. The number of hydrogen-bond donors (Lipinski definition) is 1. The van der Waals surface area contributed by atoms with E-state index in [1.165, 1.54) is 10.6 Å². The van der Waals surface area contributed by atoms with Crippen LogP contribution in [0.15, 0.2) is 39.8 Å². The Kier molecular flexibility index (Phi) is 7.53. The van der Waals surface area contributed by atoms with Gasteiger partial charge >= 0.3 is 5.97 Å². The molecule has 33 heavy (non-hydrogen) atoms. The lowest BCUT2D eigenvalue weighted by molar-refractivity contribution is 0.0524. The molecule has 1 N–H and O–H groups in total. The second-order valence-corrected chi connectivity index (χ2v) is 9.56. The van der Waals surface area contributed by atoms with Crippen LogP contribution in [0.3, 0.4) is 0 Å². The van der Waals surface area contributed by atoms with Crippen LogP contribution < -0.4 is 10.2 Å². The van der Waals surface area contributed by atoms with Crippen molar-refractivity contribution in [2.75, 3.05) is 69.4 Å². The number of benzene rings is 1. The Morgan fingerprint density at radius 3 is 2.45 bits per heavy atom. The van der Waals surface area contributed by atoms with Gasteiger partial charge in [0.15, 0.2) is 0 Å². The average molecular weight is 480 g/mol. The standard InChI is InChI=1S/C22H29N3O7S/c1-2-31-22(26)18-5-10-32-21(18)16-23-19-15-17(33(27,28)25-8-13-30-14-9-25)3-4-20(19)24-6-11-29-12-7-24/h3-5,10,15,23H,2,6-9,11-14,16H2,1H3. The number of esters is 1. The van der Waals surface area contributed by atoms with E-state index in [4.69, 9.17) is 18.6 Å². The van der Waals surface area contributed by atoms with E-state index in [0.29, 0.717) is 69.6 Å². The maximum atomic E-state index is 13.2. The summed E-state index contributed by atoms with van der Waals surface area (Å²) in [5.41, 5.74) is 1.84. The van der Waals surface area contributed by atoms with Crippen LogP contribution in [0.1, 0.15) is 23.0 Å². The Morgan fingerprint density at radius 1 is 1.06 bits per heavy atom. The molecule has 0 atom stereocenters. The van der Waals surface area contributed by atoms with E-state index >= 15 is 0 Å². The third-order valence-corrected chi connectivity index (χ3v) is 7.50. The molecule has 0 unspecified atom stereocenters. The molecule has 11 heteroatoms. The smallest absolute Gasteiger partial charge is 0.341 e. The van der Waals surface area contributed by atoms with Gasteiger partial charge in [-0.25, -0.2) is 13.2 Å². The number of sulfonamides is 1. The van der Waals surface area contributed by atoms with E-state index in [-0.39, 0.29) is 18.0 Å². The van der Waals surface area contributed by atoms with Crippen molar-refractivity contribution in [3.05, 3.63) is 41.9 Å². The summed E-state index contributed by atoms with van der Waals surface area (Å²) in [4.78, 5) is 14.5. The molecule has 4 rings (SSSR count). The molecule has 1 aromatic heterocycles. The van der Waals surface area contributed by atoms with E-state index in [9.17, 15) is 13.2 Å². The molecule has 2 fully saturated rings. The van der Waals surface area contributed by atoms with Crippen molar-refractivity contribution in [2.24, 2.45) is 0 Å². The van der Waals surface area contributed by atoms with Gasteiger partial charge in [-0.3, -0.25) is 0 Å². The Morgan fingerprint density at radius 2 is 1.76 bits per heavy atom. The van der Waals surface area contributed by atoms with Crippen molar-refractivity contribution in [3.8, 4) is 0 Å². The number of carbonyl (C=O) groups is 1. The number of nitrogens with one attached hydrogen (secondary N) is 1. The van der Waals surface area contributed by atoms with E-state index < -0.39 is 16.0 Å². The van der Waals surface area contributed by atoms with Gasteiger partial charge in [0.25, 0.3) is 0 Å². The predicted octanol–water partition coefficient (Wildman–Crippen LogP) is 1.93. The summed E-state index contributed by atoms with van der Waals surface area (Å²) < 4.78 is 49.2. The van der Waals surface area contributed by atoms with Gasteiger partial charge in [-0.15, -0.1) is 0 Å². The van der Waals surface area contributed by atoms with Gasteiger partial charge in [0, 0.05) is 26.2 Å². The van der Waals surface area contributed by atoms with Gasteiger partial charge in [-0.05, 0) is 31.2 Å². The van der Waals surface area contributed by atoms with Gasteiger partial charge < -0.3 is 28.8 Å². The molecule has 10 nitrogen and oxygen atoms in total. The van der Waals surface area contributed by atoms with Crippen LogP contribution in [0.25, 0.3) is 0 Å². The molecule has 3 heterocycles. The summed E-state index contributed by atoms with van der Waals surface area (Å²) in [7, 11) is -3.66. The Labute approximate surface area is 193 Å². The third-order valence-electron chi connectivity index (χ3n) is 5.61. The van der Waals surface area contributed by atoms with Crippen molar-refractivity contribution < 1.29 is 31.8 Å². The first kappa shape index (κ1) is 23.6. The molecule has 0 spiro atoms. The van der Waals surface area contributed by atoms with Crippen LogP contribution in [-0.2, 0) is 30.8 Å². The predicted molar refractivity (Wildman–Crippen MR) is 121 cm³/mol. The Balaban J connectivity index is 1.62. The van der Waals surface area contributed by atoms with Gasteiger partial charge in [0.2, 0.25) is 10.0 Å². The topological polar surface area (TPSA) is 111 Å². The van der Waals surface area contributed by atoms with Crippen LogP contribution in [0.4, 0.5) is 11.4 Å². The molecular formula is C22H29N3O7S. The minimum atomic E-state index is -3.66. The third kappa shape index (κ3) is 5.32. The van der Waals surface area contributed by atoms with Crippen LogP contribution in [0.5, 0.6) is 0 Å². The minimum absolute atomic E-state index is 0.194. The zero-order valence-corrected chi connectivity index (χ0v) is 19.4. The minimum Gasteiger partial charge on any atom is -0.467 e. The normalized spacial score (nSPS) is 17.7. The van der Waals surface area contributed by atoms with Crippen molar-refractivity contribution in [1.29, 1.82) is 0 Å². The Hall–Kier alpha value is -2.60. The maximum absolute atomic E-state index is 13.2. The highest BCUT2D eigenvalue weighted by molar-refractivity contribution is 7.89. The number of furan rings is 1. The molecule has 2 aliphatic rings. The molecule has 2 aliphatic heterocycles. The van der Waals surface area contributed by atoms with Gasteiger partial charge in [-0.2, -0.15) is 4.31 Å². The summed E-state index contributed by atoms with van der Waals surface area (Å²) in [6.45, 7) is 6.19. The first-order chi connectivity index (χ1) is 16.0. The highest BCUT2D eigenvalue weighted by Gasteiger charge is 2.28. The first-order valence-corrected chi connectivity index (χ1v) is 12.5. The summed E-state index contributed by atoms with van der Waals surface area (Å²) in [6, 6.07) is 6.66. The van der Waals surface area contributed by atoms with E-state index in [1.807, 2.05) is 6.07 Å². The number of morpholine rings is 2. The quantitative estimate of drug-likeness (QED) is 0.568. The van der Waals surface area contributed by atoms with Crippen LogP contribution >= 0.6 is 0 Å². The number of nitrogens with zero attached hydrogens (tertiary/aromatic N) is 2. The molecule has 0 aliphatic carbocycles. The zero-order chi connectivity index (χ0) is 23.3. The molecule has 2 aromatic rings. The second kappa shape index (κ2) is 10.6. The number of ether oxygens (including phenoxy) is 3. The van der Waals surface area contributed by atoms with Crippen LogP contribution in [-0.4, -0.2) is 77.9 Å². The molecule has 0 bridgehead atoms. The van der Waals surface area contributed by atoms with E-state index in [2.05, 4.69) is 10.2 Å². The monoisotopic (exact) mass is 479 g/mol. The molecule has 1 aromatic carbocycles. The first-order valence-electron chi connectivity index (χ1n) is 11.0. The van der Waals surface area contributed by atoms with Crippen LogP contribution in [0.2, 0.25) is 0 Å². The number of carbonyl (C=O) groups excluding carboxylic acids is 1. The van der Waals surface area contributed by atoms with Gasteiger partial charge in [0.05, 0.1) is 62.1 Å². The SMILES string of the molecule is CCOC(=O)c1ccoc1CNc1cc(S(=O)(=O)N2CCOCC2)ccc1N1CCOCC1. The fraction of sp³-hybridized carbons (Fsp3) is 0.500. The highest BCUT2D eigenvalue weighted by atomic mass is 32.2. The maximum Gasteiger partial charge on any atom is 0.341 e. The molecule has 0 amide bonds. The second-order valence-electron chi connectivity index (χ2n) is 7.63. The lowest BCUT2D eigenvalue weighted by atomic mass is 10.2. The summed E-state index contributed by atoms with van der Waals surface area (Å²) >= 11 is 0. The van der Waals surface area contributed by atoms with Crippen LogP contribution in [0, 0.1) is 0 Å². The molecule has 0 radical (unpaired) electrons. The fourth-order valence-electron chi connectivity index (χ4n) is 3.88. The summed E-state index contributed by atoms with van der Waals surface area (Å²) in [5.74, 6) is -0.0390. The van der Waals surface area contributed by atoms with Crippen molar-refractivity contribution in [1.82, 2.24) is 4.31 Å². The fourth-order valence-corrected chi connectivity index (χ4v) is 5.31. The molecule has 2 saturated heterocycles. The highest BCUT2D eigenvalue weighted by Crippen LogP contribution is 2.32. The largest absolute Gasteiger partial charge is 0.467 e. The lowest BCUT2D eigenvalue weighted by Crippen LogP contribution is -2.40. The van der Waals surface area contributed by atoms with E-state index in [1.54, 1.807) is 25.1 Å². The molecule has 0 saturated carbocycles. The van der Waals surface area contributed by atoms with Crippen molar-refractivity contribution in [2.45, 2.75) is 18.4 Å². The molecule has 180 valence electrons. The zero-order valence-electron chi connectivity index (χ0n) is 18.6.